The summed E-state index contributed by atoms with van der Waals surface area (Å²) in [5.41, 5.74) is 0.165. The van der Waals surface area contributed by atoms with Crippen LogP contribution in [0.4, 0.5) is 15.8 Å². The van der Waals surface area contributed by atoms with E-state index < -0.39 is 10.7 Å². The van der Waals surface area contributed by atoms with Crippen LogP contribution >= 0.6 is 0 Å². The molecular formula is C14H20FN3O2. The number of nitrogens with zero attached hydrogens (tertiary/aromatic N) is 2. The second-order valence-corrected chi connectivity index (χ2v) is 5.39. The number of nitro benzene ring substituents is 1. The van der Waals surface area contributed by atoms with Gasteiger partial charge in [0.15, 0.2) is 0 Å². The molecule has 0 bridgehead atoms. The lowest BCUT2D eigenvalue weighted by molar-refractivity contribution is -0.384. The van der Waals surface area contributed by atoms with Gasteiger partial charge in [0.25, 0.3) is 5.69 Å². The standard InChI is InChI=1S/C14H20FN3O2/c1-11-3-2-7-17(10-11)8-6-16-13-5-4-12(15)9-14(13)18(19)20/h4-5,9,11,16H,2-3,6-8,10H2,1H3. The summed E-state index contributed by atoms with van der Waals surface area (Å²) in [6.07, 6.45) is 2.48. The van der Waals surface area contributed by atoms with Crippen molar-refractivity contribution in [3.05, 3.63) is 34.1 Å². The molecule has 6 heteroatoms. The Kier molecular flexibility index (Phi) is 4.89. The summed E-state index contributed by atoms with van der Waals surface area (Å²) in [6, 6.07) is 3.61. The molecule has 0 amide bonds. The Balaban J connectivity index is 1.89. The molecule has 5 nitrogen and oxygen atoms in total. The molecule has 0 aliphatic carbocycles. The zero-order valence-electron chi connectivity index (χ0n) is 11.6. The van der Waals surface area contributed by atoms with E-state index in [1.807, 2.05) is 0 Å². The van der Waals surface area contributed by atoms with E-state index in [1.165, 1.54) is 25.0 Å². The highest BCUT2D eigenvalue weighted by molar-refractivity contribution is 5.61. The molecule has 1 atom stereocenters. The third kappa shape index (κ3) is 3.90. The number of hydrogen-bond acceptors (Lipinski definition) is 4. The molecule has 0 aromatic heterocycles. The molecular weight excluding hydrogens is 261 g/mol. The average molecular weight is 281 g/mol. The SMILES string of the molecule is CC1CCCN(CCNc2ccc(F)cc2[N+](=O)[O-])C1. The lowest BCUT2D eigenvalue weighted by Gasteiger charge is -2.30. The van der Waals surface area contributed by atoms with Gasteiger partial charge in [-0.2, -0.15) is 0 Å². The van der Waals surface area contributed by atoms with E-state index in [4.69, 9.17) is 0 Å². The van der Waals surface area contributed by atoms with Gasteiger partial charge < -0.3 is 10.2 Å². The average Bonchev–Trinajstić information content (AvgIpc) is 2.40. The first-order valence-corrected chi connectivity index (χ1v) is 6.96. The molecule has 110 valence electrons. The van der Waals surface area contributed by atoms with Crippen molar-refractivity contribution in [2.45, 2.75) is 19.8 Å². The summed E-state index contributed by atoms with van der Waals surface area (Å²) < 4.78 is 13.0. The molecule has 1 aliphatic heterocycles. The fourth-order valence-corrected chi connectivity index (χ4v) is 2.64. The predicted molar refractivity (Wildman–Crippen MR) is 76.4 cm³/mol. The lowest BCUT2D eigenvalue weighted by Crippen LogP contribution is -2.37. The first-order valence-electron chi connectivity index (χ1n) is 6.96. The summed E-state index contributed by atoms with van der Waals surface area (Å²) in [5, 5.41) is 13.9. The normalized spacial score (nSPS) is 19.8. The highest BCUT2D eigenvalue weighted by Crippen LogP contribution is 2.24. The third-order valence-corrected chi connectivity index (χ3v) is 3.64. The molecule has 20 heavy (non-hydrogen) atoms. The van der Waals surface area contributed by atoms with Gasteiger partial charge in [-0.1, -0.05) is 6.92 Å². The fraction of sp³-hybridized carbons (Fsp3) is 0.571. The molecule has 1 N–H and O–H groups in total. The first-order chi connectivity index (χ1) is 9.56. The summed E-state index contributed by atoms with van der Waals surface area (Å²) in [7, 11) is 0. The minimum absolute atomic E-state index is 0.211. The van der Waals surface area contributed by atoms with E-state index >= 15 is 0 Å². The van der Waals surface area contributed by atoms with Crippen LogP contribution < -0.4 is 5.32 Å². The predicted octanol–water partition coefficient (Wildman–Crippen LogP) is 2.88. The molecule has 0 saturated carbocycles. The van der Waals surface area contributed by atoms with Crippen LogP contribution in [-0.2, 0) is 0 Å². The number of anilines is 1. The van der Waals surface area contributed by atoms with Crippen molar-refractivity contribution in [1.29, 1.82) is 0 Å². The maximum Gasteiger partial charge on any atom is 0.295 e. The third-order valence-electron chi connectivity index (χ3n) is 3.64. The number of halogens is 1. The fourth-order valence-electron chi connectivity index (χ4n) is 2.64. The van der Waals surface area contributed by atoms with Crippen LogP contribution in [0.15, 0.2) is 18.2 Å². The van der Waals surface area contributed by atoms with E-state index in [1.54, 1.807) is 0 Å². The molecule has 0 radical (unpaired) electrons. The van der Waals surface area contributed by atoms with Crippen molar-refractivity contribution in [3.63, 3.8) is 0 Å². The van der Waals surface area contributed by atoms with Gasteiger partial charge >= 0.3 is 0 Å². The van der Waals surface area contributed by atoms with Gasteiger partial charge in [0.05, 0.1) is 11.0 Å². The molecule has 1 unspecified atom stereocenters. The van der Waals surface area contributed by atoms with E-state index in [-0.39, 0.29) is 5.69 Å². The van der Waals surface area contributed by atoms with Crippen LogP contribution in [0.3, 0.4) is 0 Å². The Hall–Kier alpha value is -1.69. The van der Waals surface area contributed by atoms with Crippen molar-refractivity contribution in [2.24, 2.45) is 5.92 Å². The zero-order chi connectivity index (χ0) is 14.5. The molecule has 1 aliphatic rings. The van der Waals surface area contributed by atoms with Gasteiger partial charge in [-0.05, 0) is 37.4 Å². The number of benzene rings is 1. The minimum atomic E-state index is -0.591. The first kappa shape index (κ1) is 14.7. The summed E-state index contributed by atoms with van der Waals surface area (Å²) in [5.74, 6) is 0.121. The maximum atomic E-state index is 13.0. The van der Waals surface area contributed by atoms with Gasteiger partial charge in [-0.25, -0.2) is 4.39 Å². The van der Waals surface area contributed by atoms with E-state index in [2.05, 4.69) is 17.1 Å². The van der Waals surface area contributed by atoms with Crippen LogP contribution in [0.5, 0.6) is 0 Å². The van der Waals surface area contributed by atoms with Crippen molar-refractivity contribution in [3.8, 4) is 0 Å². The van der Waals surface area contributed by atoms with E-state index in [9.17, 15) is 14.5 Å². The molecule has 1 heterocycles. The second kappa shape index (κ2) is 6.65. The van der Waals surface area contributed by atoms with Crippen molar-refractivity contribution in [1.82, 2.24) is 4.90 Å². The van der Waals surface area contributed by atoms with Crippen molar-refractivity contribution >= 4 is 11.4 Å². The van der Waals surface area contributed by atoms with Gasteiger partial charge in [-0.3, -0.25) is 10.1 Å². The van der Waals surface area contributed by atoms with Crippen LogP contribution in [0, 0.1) is 21.8 Å². The number of likely N-dealkylation sites (tertiary alicyclic amines) is 1. The number of nitro groups is 1. The van der Waals surface area contributed by atoms with Gasteiger partial charge in [0, 0.05) is 19.6 Å². The Morgan fingerprint density at radius 3 is 3.05 bits per heavy atom. The number of hydrogen-bond donors (Lipinski definition) is 1. The molecule has 1 aromatic rings. The highest BCUT2D eigenvalue weighted by atomic mass is 19.1. The molecule has 0 spiro atoms. The molecule has 1 saturated heterocycles. The summed E-state index contributed by atoms with van der Waals surface area (Å²) in [6.45, 7) is 5.87. The Bertz CT molecular complexity index is 481. The summed E-state index contributed by atoms with van der Waals surface area (Å²) in [4.78, 5) is 12.7. The van der Waals surface area contributed by atoms with Crippen LogP contribution in [0.1, 0.15) is 19.8 Å². The monoisotopic (exact) mass is 281 g/mol. The van der Waals surface area contributed by atoms with E-state index in [0.29, 0.717) is 18.2 Å². The van der Waals surface area contributed by atoms with E-state index in [0.717, 1.165) is 25.7 Å². The highest BCUT2D eigenvalue weighted by Gasteiger charge is 2.17. The number of nitrogens with one attached hydrogen (secondary N) is 1. The largest absolute Gasteiger partial charge is 0.378 e. The van der Waals surface area contributed by atoms with Gasteiger partial charge in [0.1, 0.15) is 11.5 Å². The van der Waals surface area contributed by atoms with Crippen LogP contribution in [-0.4, -0.2) is 36.0 Å². The quantitative estimate of drug-likeness (QED) is 0.666. The topological polar surface area (TPSA) is 58.4 Å². The van der Waals surface area contributed by atoms with Gasteiger partial charge in [0.2, 0.25) is 0 Å². The zero-order valence-corrected chi connectivity index (χ0v) is 11.6. The van der Waals surface area contributed by atoms with Crippen LogP contribution in [0.2, 0.25) is 0 Å². The van der Waals surface area contributed by atoms with Crippen molar-refractivity contribution in [2.75, 3.05) is 31.5 Å². The number of piperidine rings is 1. The summed E-state index contributed by atoms with van der Waals surface area (Å²) >= 11 is 0. The van der Waals surface area contributed by atoms with Gasteiger partial charge in [-0.15, -0.1) is 0 Å². The number of rotatable bonds is 5. The maximum absolute atomic E-state index is 13.0. The van der Waals surface area contributed by atoms with Crippen molar-refractivity contribution < 1.29 is 9.31 Å². The lowest BCUT2D eigenvalue weighted by atomic mass is 10.0. The molecule has 2 rings (SSSR count). The molecule has 1 fully saturated rings. The Labute approximate surface area is 117 Å². The second-order valence-electron chi connectivity index (χ2n) is 5.39. The van der Waals surface area contributed by atoms with Crippen LogP contribution in [0.25, 0.3) is 0 Å². The molecule has 1 aromatic carbocycles. The Morgan fingerprint density at radius 1 is 1.55 bits per heavy atom. The minimum Gasteiger partial charge on any atom is -0.378 e. The smallest absolute Gasteiger partial charge is 0.295 e. The Morgan fingerprint density at radius 2 is 2.35 bits per heavy atom.